The molecule has 0 bridgehead atoms. The molecule has 0 spiro atoms. The van der Waals surface area contributed by atoms with E-state index in [1.54, 1.807) is 0 Å². The van der Waals surface area contributed by atoms with Crippen LogP contribution in [0.4, 0.5) is 8.78 Å². The van der Waals surface area contributed by atoms with Gasteiger partial charge in [-0.05, 0) is 44.5 Å². The van der Waals surface area contributed by atoms with Crippen molar-refractivity contribution in [1.29, 1.82) is 0 Å². The summed E-state index contributed by atoms with van der Waals surface area (Å²) in [5.74, 6) is -2.04. The summed E-state index contributed by atoms with van der Waals surface area (Å²) in [6.07, 6.45) is 4.11. The molecule has 2 heterocycles. The molecule has 0 unspecified atom stereocenters. The van der Waals surface area contributed by atoms with E-state index in [4.69, 9.17) is 4.74 Å². The van der Waals surface area contributed by atoms with E-state index >= 15 is 0 Å². The molecule has 138 valence electrons. The average Bonchev–Trinajstić information content (AvgIpc) is 2.98. The van der Waals surface area contributed by atoms with Crippen LogP contribution in [0, 0.1) is 6.92 Å². The fourth-order valence-electron chi connectivity index (χ4n) is 2.61. The smallest absolute Gasteiger partial charge is 0.282 e. The van der Waals surface area contributed by atoms with Gasteiger partial charge in [0.15, 0.2) is 5.82 Å². The third-order valence-electron chi connectivity index (χ3n) is 3.72. The van der Waals surface area contributed by atoms with Crippen molar-refractivity contribution in [3.05, 3.63) is 36.2 Å². The van der Waals surface area contributed by atoms with E-state index in [-0.39, 0.29) is 6.10 Å². The predicted octanol–water partition coefficient (Wildman–Crippen LogP) is 2.99. The summed E-state index contributed by atoms with van der Waals surface area (Å²) in [6.45, 7) is 4.77. The number of carbonyl (C=O) groups is 1. The second-order valence-electron chi connectivity index (χ2n) is 6.62. The van der Waals surface area contributed by atoms with E-state index in [0.717, 1.165) is 21.8 Å². The number of benzene rings is 1. The largest absolute Gasteiger partial charge is 0.491 e. The van der Waals surface area contributed by atoms with E-state index in [9.17, 15) is 13.6 Å². The quantitative estimate of drug-likeness (QED) is 0.768. The molecular formula is C18H20F2N4O2. The Morgan fingerprint density at radius 1 is 1.31 bits per heavy atom. The number of aromatic nitrogens is 3. The summed E-state index contributed by atoms with van der Waals surface area (Å²) in [6, 6.07) is 5.72. The molecule has 0 saturated carbocycles. The van der Waals surface area contributed by atoms with Crippen LogP contribution in [0.2, 0.25) is 0 Å². The summed E-state index contributed by atoms with van der Waals surface area (Å²) in [5.41, 5.74) is 1.81. The molecule has 8 heteroatoms. The number of ether oxygens (including phenoxy) is 1. The molecule has 0 aliphatic carbocycles. The van der Waals surface area contributed by atoms with Crippen molar-refractivity contribution < 1.29 is 18.3 Å². The highest BCUT2D eigenvalue weighted by atomic mass is 19.3. The lowest BCUT2D eigenvalue weighted by Crippen LogP contribution is -2.58. The number of halogens is 2. The molecule has 0 atom stereocenters. The Labute approximate surface area is 150 Å². The van der Waals surface area contributed by atoms with E-state index < -0.39 is 24.9 Å². The van der Waals surface area contributed by atoms with Crippen LogP contribution in [-0.2, 0) is 4.79 Å². The van der Waals surface area contributed by atoms with Crippen LogP contribution in [0.25, 0.3) is 17.6 Å². The Morgan fingerprint density at radius 3 is 2.69 bits per heavy atom. The zero-order chi connectivity index (χ0) is 18.9. The fraction of sp³-hybridized carbons (Fsp3) is 0.389. The third kappa shape index (κ3) is 4.25. The van der Waals surface area contributed by atoms with Gasteiger partial charge in [-0.25, -0.2) is 18.4 Å². The SMILES string of the molecule is Cc1cc(OC(C)C)cc(-c2ncn(/C=C\C(=O)N3CC(F)(F)C3)n2)c1. The van der Waals surface area contributed by atoms with Crippen molar-refractivity contribution in [3.63, 3.8) is 0 Å². The molecule has 1 aromatic carbocycles. The van der Waals surface area contributed by atoms with Crippen molar-refractivity contribution in [3.8, 4) is 17.1 Å². The molecule has 6 nitrogen and oxygen atoms in total. The topological polar surface area (TPSA) is 60.3 Å². The Hall–Kier alpha value is -2.77. The summed E-state index contributed by atoms with van der Waals surface area (Å²) in [5, 5.41) is 4.29. The normalized spacial score (nSPS) is 16.2. The number of hydrogen-bond donors (Lipinski definition) is 0. The van der Waals surface area contributed by atoms with Gasteiger partial charge in [-0.2, -0.15) is 0 Å². The van der Waals surface area contributed by atoms with Crippen molar-refractivity contribution in [1.82, 2.24) is 19.7 Å². The van der Waals surface area contributed by atoms with Gasteiger partial charge in [0, 0.05) is 17.8 Å². The molecule has 1 aromatic heterocycles. The monoisotopic (exact) mass is 362 g/mol. The molecule has 3 rings (SSSR count). The molecular weight excluding hydrogens is 342 g/mol. The molecule has 0 N–H and O–H groups in total. The second-order valence-corrected chi connectivity index (χ2v) is 6.62. The average molecular weight is 362 g/mol. The van der Waals surface area contributed by atoms with Gasteiger partial charge in [0.1, 0.15) is 12.1 Å². The van der Waals surface area contributed by atoms with Crippen molar-refractivity contribution in [2.24, 2.45) is 0 Å². The number of alkyl halides is 2. The molecule has 1 aliphatic rings. The lowest BCUT2D eigenvalue weighted by molar-refractivity contribution is -0.160. The highest BCUT2D eigenvalue weighted by molar-refractivity contribution is 5.90. The number of carbonyl (C=O) groups excluding carboxylic acids is 1. The molecule has 1 fully saturated rings. The van der Waals surface area contributed by atoms with Gasteiger partial charge in [-0.15, -0.1) is 5.10 Å². The molecule has 2 aromatic rings. The second kappa shape index (κ2) is 6.86. The van der Waals surface area contributed by atoms with Crippen LogP contribution in [0.5, 0.6) is 5.75 Å². The van der Waals surface area contributed by atoms with Gasteiger partial charge in [0.25, 0.3) is 5.92 Å². The van der Waals surface area contributed by atoms with Crippen LogP contribution in [-0.4, -0.2) is 50.7 Å². The van der Waals surface area contributed by atoms with E-state index in [1.165, 1.54) is 23.3 Å². The predicted molar refractivity (Wildman–Crippen MR) is 92.8 cm³/mol. The van der Waals surface area contributed by atoms with Gasteiger partial charge in [-0.1, -0.05) is 0 Å². The zero-order valence-electron chi connectivity index (χ0n) is 14.8. The van der Waals surface area contributed by atoms with Crippen LogP contribution in [0.1, 0.15) is 19.4 Å². The first-order chi connectivity index (χ1) is 12.2. The number of nitrogens with zero attached hydrogens (tertiary/aromatic N) is 4. The van der Waals surface area contributed by atoms with E-state index in [2.05, 4.69) is 10.1 Å². The standard InChI is InChI=1S/C18H20F2N4O2/c1-12(2)26-15-7-13(3)6-14(8-15)17-21-11-24(22-17)5-4-16(25)23-9-18(19,20)10-23/h4-8,11-12H,9-10H2,1-3H3/b5-4-. The molecule has 1 aliphatic heterocycles. The highest BCUT2D eigenvalue weighted by Crippen LogP contribution is 2.27. The van der Waals surface area contributed by atoms with E-state index in [0.29, 0.717) is 5.82 Å². The van der Waals surface area contributed by atoms with Gasteiger partial charge in [-0.3, -0.25) is 4.79 Å². The first-order valence-corrected chi connectivity index (χ1v) is 8.27. The minimum Gasteiger partial charge on any atom is -0.491 e. The molecule has 1 amide bonds. The Balaban J connectivity index is 1.71. The molecule has 1 saturated heterocycles. The summed E-state index contributed by atoms with van der Waals surface area (Å²) in [4.78, 5) is 17.1. The van der Waals surface area contributed by atoms with Gasteiger partial charge in [0.2, 0.25) is 5.91 Å². The first kappa shape index (κ1) is 18.0. The summed E-state index contributed by atoms with van der Waals surface area (Å²) >= 11 is 0. The molecule has 0 radical (unpaired) electrons. The maximum absolute atomic E-state index is 12.8. The Kier molecular flexibility index (Phi) is 4.76. The molecule has 26 heavy (non-hydrogen) atoms. The maximum Gasteiger partial charge on any atom is 0.282 e. The fourth-order valence-corrected chi connectivity index (χ4v) is 2.61. The van der Waals surface area contributed by atoms with Crippen molar-refractivity contribution in [2.45, 2.75) is 32.8 Å². The lowest BCUT2D eigenvalue weighted by Gasteiger charge is -2.37. The zero-order valence-corrected chi connectivity index (χ0v) is 14.8. The number of aryl methyl sites for hydroxylation is 1. The van der Waals surface area contributed by atoms with Crippen LogP contribution >= 0.6 is 0 Å². The third-order valence-corrected chi connectivity index (χ3v) is 3.72. The highest BCUT2D eigenvalue weighted by Gasteiger charge is 2.45. The van der Waals surface area contributed by atoms with Crippen LogP contribution < -0.4 is 4.74 Å². The Morgan fingerprint density at radius 2 is 2.04 bits per heavy atom. The van der Waals surface area contributed by atoms with Gasteiger partial charge >= 0.3 is 0 Å². The minimum absolute atomic E-state index is 0.0537. The van der Waals surface area contributed by atoms with Gasteiger partial charge < -0.3 is 9.64 Å². The van der Waals surface area contributed by atoms with Gasteiger partial charge in [0.05, 0.1) is 19.2 Å². The first-order valence-electron chi connectivity index (χ1n) is 8.27. The Bertz CT molecular complexity index is 837. The number of hydrogen-bond acceptors (Lipinski definition) is 4. The van der Waals surface area contributed by atoms with E-state index in [1.807, 2.05) is 39.0 Å². The summed E-state index contributed by atoms with van der Waals surface area (Å²) < 4.78 is 32.7. The van der Waals surface area contributed by atoms with Crippen molar-refractivity contribution in [2.75, 3.05) is 13.1 Å². The lowest BCUT2D eigenvalue weighted by atomic mass is 10.1. The minimum atomic E-state index is -2.77. The summed E-state index contributed by atoms with van der Waals surface area (Å²) in [7, 11) is 0. The van der Waals surface area contributed by atoms with Crippen LogP contribution in [0.3, 0.4) is 0 Å². The van der Waals surface area contributed by atoms with Crippen LogP contribution in [0.15, 0.2) is 30.6 Å². The maximum atomic E-state index is 12.8. The number of likely N-dealkylation sites (tertiary alicyclic amines) is 1. The number of amides is 1. The van der Waals surface area contributed by atoms with Crippen molar-refractivity contribution >= 4 is 12.1 Å². The number of rotatable bonds is 5.